The zero-order valence-electron chi connectivity index (χ0n) is 12.3. The van der Waals surface area contributed by atoms with Gasteiger partial charge in [0.25, 0.3) is 0 Å². The van der Waals surface area contributed by atoms with Crippen molar-refractivity contribution in [2.75, 3.05) is 7.05 Å². The minimum absolute atomic E-state index is 0.0886. The van der Waals surface area contributed by atoms with Crippen LogP contribution in [0.2, 0.25) is 0 Å². The number of carbonyl (C=O) groups is 2. The molecule has 0 aromatic heterocycles. The van der Waals surface area contributed by atoms with E-state index in [2.05, 4.69) is 43.4 Å². The van der Waals surface area contributed by atoms with Gasteiger partial charge in [-0.25, -0.2) is 0 Å². The molecule has 4 nitrogen and oxygen atoms in total. The fraction of sp³-hybridized carbons (Fsp3) is 0.500. The van der Waals surface area contributed by atoms with E-state index in [4.69, 9.17) is 0 Å². The summed E-state index contributed by atoms with van der Waals surface area (Å²) in [4.78, 5) is 24.6. The average Bonchev–Trinajstić information content (AvgIpc) is 2.44. The number of hydrogen-bond donors (Lipinski definition) is 1. The summed E-state index contributed by atoms with van der Waals surface area (Å²) in [6.07, 6.45) is 1.03. The number of likely N-dealkylation sites (tertiary alicyclic amines) is 1. The zero-order valence-corrected chi connectivity index (χ0v) is 12.3. The van der Waals surface area contributed by atoms with E-state index in [-0.39, 0.29) is 17.9 Å². The van der Waals surface area contributed by atoms with Gasteiger partial charge in [-0.15, -0.1) is 0 Å². The molecular formula is C16H22N2O2. The first kappa shape index (κ1) is 14.7. The average molecular weight is 274 g/mol. The molecule has 108 valence electrons. The summed E-state index contributed by atoms with van der Waals surface area (Å²) >= 11 is 0. The van der Waals surface area contributed by atoms with Crippen molar-refractivity contribution in [1.29, 1.82) is 0 Å². The van der Waals surface area contributed by atoms with E-state index >= 15 is 0 Å². The van der Waals surface area contributed by atoms with Crippen LogP contribution in [0.5, 0.6) is 0 Å². The molecule has 1 heterocycles. The van der Waals surface area contributed by atoms with Crippen molar-refractivity contribution in [1.82, 2.24) is 10.2 Å². The molecule has 2 amide bonds. The van der Waals surface area contributed by atoms with Crippen LogP contribution in [-0.2, 0) is 16.1 Å². The van der Waals surface area contributed by atoms with E-state index < -0.39 is 0 Å². The van der Waals surface area contributed by atoms with E-state index in [9.17, 15) is 9.59 Å². The number of nitrogens with one attached hydrogen (secondary N) is 1. The second kappa shape index (κ2) is 6.18. The predicted molar refractivity (Wildman–Crippen MR) is 78.2 cm³/mol. The molecule has 1 aromatic carbocycles. The van der Waals surface area contributed by atoms with Crippen LogP contribution < -0.4 is 5.32 Å². The Morgan fingerprint density at radius 3 is 2.50 bits per heavy atom. The first-order chi connectivity index (χ1) is 9.49. The van der Waals surface area contributed by atoms with Gasteiger partial charge in [0, 0.05) is 20.0 Å². The molecule has 1 atom stereocenters. The number of amides is 2. The molecule has 20 heavy (non-hydrogen) atoms. The molecule has 1 saturated heterocycles. The highest BCUT2D eigenvalue weighted by Crippen LogP contribution is 2.16. The predicted octanol–water partition coefficient (Wildman–Crippen LogP) is 2.05. The Labute approximate surface area is 120 Å². The van der Waals surface area contributed by atoms with Crippen molar-refractivity contribution in [2.24, 2.45) is 0 Å². The molecule has 0 radical (unpaired) electrons. The SMILES string of the molecule is CC(C)c1ccc(CNC2CCC(=O)N(C)C2=O)cc1. The van der Waals surface area contributed by atoms with Crippen LogP contribution in [0.4, 0.5) is 0 Å². The van der Waals surface area contributed by atoms with Crippen molar-refractivity contribution >= 4 is 11.8 Å². The lowest BCUT2D eigenvalue weighted by Gasteiger charge is -2.28. The van der Waals surface area contributed by atoms with Crippen LogP contribution in [0.1, 0.15) is 43.7 Å². The van der Waals surface area contributed by atoms with Crippen molar-refractivity contribution in [2.45, 2.75) is 45.2 Å². The number of benzene rings is 1. The second-order valence-electron chi connectivity index (χ2n) is 5.66. The Morgan fingerprint density at radius 2 is 1.90 bits per heavy atom. The van der Waals surface area contributed by atoms with Crippen molar-refractivity contribution in [3.05, 3.63) is 35.4 Å². The Hall–Kier alpha value is -1.68. The first-order valence-corrected chi connectivity index (χ1v) is 7.11. The number of piperidine rings is 1. The van der Waals surface area contributed by atoms with Crippen LogP contribution in [0, 0.1) is 0 Å². The third-order valence-corrected chi connectivity index (χ3v) is 3.85. The molecule has 1 N–H and O–H groups in total. The number of imide groups is 1. The highest BCUT2D eigenvalue weighted by molar-refractivity contribution is 6.00. The molecule has 0 bridgehead atoms. The molecule has 1 aliphatic heterocycles. The molecule has 0 spiro atoms. The third-order valence-electron chi connectivity index (χ3n) is 3.85. The molecule has 1 aliphatic rings. The van der Waals surface area contributed by atoms with Gasteiger partial charge in [-0.1, -0.05) is 38.1 Å². The quantitative estimate of drug-likeness (QED) is 0.855. The van der Waals surface area contributed by atoms with Gasteiger partial charge in [0.05, 0.1) is 6.04 Å². The number of hydrogen-bond acceptors (Lipinski definition) is 3. The van der Waals surface area contributed by atoms with Gasteiger partial charge in [0.2, 0.25) is 11.8 Å². The summed E-state index contributed by atoms with van der Waals surface area (Å²) in [6.45, 7) is 4.98. The van der Waals surface area contributed by atoms with Crippen molar-refractivity contribution in [3.63, 3.8) is 0 Å². The zero-order chi connectivity index (χ0) is 14.7. The standard InChI is InChI=1S/C16H22N2O2/c1-11(2)13-6-4-12(5-7-13)10-17-14-8-9-15(19)18(3)16(14)20/h4-7,11,14,17H,8-10H2,1-3H3. The van der Waals surface area contributed by atoms with E-state index in [0.717, 1.165) is 5.56 Å². The van der Waals surface area contributed by atoms with Crippen LogP contribution in [-0.4, -0.2) is 29.8 Å². The van der Waals surface area contributed by atoms with Gasteiger partial charge in [-0.05, 0) is 23.5 Å². The molecule has 0 saturated carbocycles. The van der Waals surface area contributed by atoms with Gasteiger partial charge in [-0.2, -0.15) is 0 Å². The van der Waals surface area contributed by atoms with E-state index in [1.165, 1.54) is 10.5 Å². The normalized spacial score (nSPS) is 19.8. The maximum atomic E-state index is 11.9. The Morgan fingerprint density at radius 1 is 1.25 bits per heavy atom. The lowest BCUT2D eigenvalue weighted by Crippen LogP contribution is -2.51. The van der Waals surface area contributed by atoms with E-state index in [1.807, 2.05) is 0 Å². The van der Waals surface area contributed by atoms with Crippen LogP contribution in [0.25, 0.3) is 0 Å². The van der Waals surface area contributed by atoms with Gasteiger partial charge in [-0.3, -0.25) is 14.5 Å². The highest BCUT2D eigenvalue weighted by Gasteiger charge is 2.31. The van der Waals surface area contributed by atoms with Crippen molar-refractivity contribution < 1.29 is 9.59 Å². The Bertz CT molecular complexity index is 494. The molecular weight excluding hydrogens is 252 g/mol. The first-order valence-electron chi connectivity index (χ1n) is 7.11. The van der Waals surface area contributed by atoms with Gasteiger partial charge in [0.1, 0.15) is 0 Å². The highest BCUT2D eigenvalue weighted by atomic mass is 16.2. The monoisotopic (exact) mass is 274 g/mol. The molecule has 0 aliphatic carbocycles. The largest absolute Gasteiger partial charge is 0.302 e. The minimum Gasteiger partial charge on any atom is -0.302 e. The second-order valence-corrected chi connectivity index (χ2v) is 5.66. The Balaban J connectivity index is 1.92. The molecule has 1 unspecified atom stereocenters. The van der Waals surface area contributed by atoms with Crippen molar-refractivity contribution in [3.8, 4) is 0 Å². The topological polar surface area (TPSA) is 49.4 Å². The van der Waals surface area contributed by atoms with E-state index in [0.29, 0.717) is 25.3 Å². The Kier molecular flexibility index (Phi) is 4.55. The maximum absolute atomic E-state index is 11.9. The lowest BCUT2D eigenvalue weighted by molar-refractivity contribution is -0.148. The van der Waals surface area contributed by atoms with Crippen LogP contribution >= 0.6 is 0 Å². The molecule has 2 rings (SSSR count). The fourth-order valence-corrected chi connectivity index (χ4v) is 2.37. The van der Waals surface area contributed by atoms with E-state index in [1.54, 1.807) is 7.05 Å². The summed E-state index contributed by atoms with van der Waals surface area (Å²) in [5.41, 5.74) is 2.47. The summed E-state index contributed by atoms with van der Waals surface area (Å²) in [6, 6.07) is 8.18. The third kappa shape index (κ3) is 3.25. The van der Waals surface area contributed by atoms with Crippen LogP contribution in [0.3, 0.4) is 0 Å². The summed E-state index contributed by atoms with van der Waals surface area (Å²) in [5.74, 6) is 0.311. The molecule has 4 heteroatoms. The number of rotatable bonds is 4. The summed E-state index contributed by atoms with van der Waals surface area (Å²) in [7, 11) is 1.55. The van der Waals surface area contributed by atoms with Crippen LogP contribution in [0.15, 0.2) is 24.3 Å². The number of carbonyl (C=O) groups excluding carboxylic acids is 2. The summed E-state index contributed by atoms with van der Waals surface area (Å²) in [5, 5.41) is 3.24. The smallest absolute Gasteiger partial charge is 0.246 e. The molecule has 1 aromatic rings. The maximum Gasteiger partial charge on any atom is 0.246 e. The number of likely N-dealkylation sites (N-methyl/N-ethyl adjacent to an activating group) is 1. The lowest BCUT2D eigenvalue weighted by atomic mass is 10.0. The number of nitrogens with zero attached hydrogens (tertiary/aromatic N) is 1. The van der Waals surface area contributed by atoms with Gasteiger partial charge >= 0.3 is 0 Å². The van der Waals surface area contributed by atoms with Gasteiger partial charge < -0.3 is 5.32 Å². The van der Waals surface area contributed by atoms with Gasteiger partial charge in [0.15, 0.2) is 0 Å². The molecule has 1 fully saturated rings. The minimum atomic E-state index is -0.248. The fourth-order valence-electron chi connectivity index (χ4n) is 2.37. The summed E-state index contributed by atoms with van der Waals surface area (Å²) < 4.78 is 0.